The second-order valence-corrected chi connectivity index (χ2v) is 7.08. The van der Waals surface area contributed by atoms with E-state index < -0.39 is 0 Å². The Hall–Kier alpha value is 0.270. The van der Waals surface area contributed by atoms with E-state index in [1.165, 1.54) is 32.1 Å². The highest BCUT2D eigenvalue weighted by molar-refractivity contribution is 7.99. The first-order valence-corrected chi connectivity index (χ1v) is 8.71. The summed E-state index contributed by atoms with van der Waals surface area (Å²) < 4.78 is 0. The minimum atomic E-state index is 0.323. The van der Waals surface area contributed by atoms with E-state index in [1.807, 2.05) is 0 Å². The van der Waals surface area contributed by atoms with E-state index in [0.29, 0.717) is 18.6 Å². The molecule has 1 rings (SSSR count). The Morgan fingerprint density at radius 1 is 1.33 bits per heavy atom. The van der Waals surface area contributed by atoms with Crippen molar-refractivity contribution in [2.75, 3.05) is 18.9 Å². The molecular formula is C15H31NOS. The predicted molar refractivity (Wildman–Crippen MR) is 82.2 cm³/mol. The van der Waals surface area contributed by atoms with Crippen LogP contribution in [0.1, 0.15) is 52.9 Å². The summed E-state index contributed by atoms with van der Waals surface area (Å²) >= 11 is 2.09. The molecule has 0 spiro atoms. The van der Waals surface area contributed by atoms with Crippen LogP contribution in [0, 0.1) is 11.8 Å². The fraction of sp³-hybridized carbons (Fsp3) is 1.00. The number of thioether (sulfide) groups is 1. The Labute approximate surface area is 117 Å². The van der Waals surface area contributed by atoms with Gasteiger partial charge in [-0.25, -0.2) is 0 Å². The van der Waals surface area contributed by atoms with Crippen molar-refractivity contribution in [3.63, 3.8) is 0 Å². The standard InChI is InChI=1S/C15H31NOS/c1-4-8-16-14-7-6-13(5-2)9-15(14)18-11-12(3)10-17/h12-17H,4-11H2,1-3H3. The lowest BCUT2D eigenvalue weighted by molar-refractivity contribution is 0.249. The molecule has 1 aliphatic carbocycles. The van der Waals surface area contributed by atoms with Crippen molar-refractivity contribution >= 4 is 11.8 Å². The summed E-state index contributed by atoms with van der Waals surface area (Å²) in [7, 11) is 0. The van der Waals surface area contributed by atoms with Crippen molar-refractivity contribution in [3.05, 3.63) is 0 Å². The fourth-order valence-corrected chi connectivity index (χ4v) is 4.22. The number of hydrogen-bond acceptors (Lipinski definition) is 3. The zero-order valence-electron chi connectivity index (χ0n) is 12.3. The highest BCUT2D eigenvalue weighted by atomic mass is 32.2. The molecule has 0 amide bonds. The minimum Gasteiger partial charge on any atom is -0.396 e. The van der Waals surface area contributed by atoms with Gasteiger partial charge in [0.05, 0.1) is 0 Å². The van der Waals surface area contributed by atoms with E-state index in [4.69, 9.17) is 5.11 Å². The van der Waals surface area contributed by atoms with E-state index in [9.17, 15) is 0 Å². The molecule has 2 nitrogen and oxygen atoms in total. The molecule has 0 bridgehead atoms. The maximum absolute atomic E-state index is 9.14. The summed E-state index contributed by atoms with van der Waals surface area (Å²) in [6.45, 7) is 8.17. The van der Waals surface area contributed by atoms with Gasteiger partial charge >= 0.3 is 0 Å². The molecular weight excluding hydrogens is 242 g/mol. The van der Waals surface area contributed by atoms with Gasteiger partial charge in [0.25, 0.3) is 0 Å². The first kappa shape index (κ1) is 16.3. The number of aliphatic hydroxyl groups excluding tert-OH is 1. The van der Waals surface area contributed by atoms with Gasteiger partial charge in [0, 0.05) is 17.9 Å². The molecule has 1 saturated carbocycles. The Balaban J connectivity index is 2.42. The molecule has 0 radical (unpaired) electrons. The monoisotopic (exact) mass is 273 g/mol. The highest BCUT2D eigenvalue weighted by Gasteiger charge is 2.29. The molecule has 4 atom stereocenters. The van der Waals surface area contributed by atoms with Crippen LogP contribution in [0.5, 0.6) is 0 Å². The number of nitrogens with one attached hydrogen (secondary N) is 1. The Kier molecular flexibility index (Phi) is 8.36. The summed E-state index contributed by atoms with van der Waals surface area (Å²) in [5, 5.41) is 13.6. The predicted octanol–water partition coefficient (Wildman–Crippen LogP) is 3.29. The zero-order valence-corrected chi connectivity index (χ0v) is 13.1. The Morgan fingerprint density at radius 2 is 2.11 bits per heavy atom. The fourth-order valence-electron chi connectivity index (χ4n) is 2.67. The Bertz CT molecular complexity index is 213. The number of rotatable bonds is 8. The van der Waals surface area contributed by atoms with Crippen LogP contribution in [0.4, 0.5) is 0 Å². The van der Waals surface area contributed by atoms with Crippen LogP contribution in [-0.4, -0.2) is 35.3 Å². The van der Waals surface area contributed by atoms with Gasteiger partial charge in [-0.3, -0.25) is 0 Å². The van der Waals surface area contributed by atoms with E-state index >= 15 is 0 Å². The van der Waals surface area contributed by atoms with Crippen LogP contribution in [0.25, 0.3) is 0 Å². The van der Waals surface area contributed by atoms with Gasteiger partial charge in [-0.15, -0.1) is 0 Å². The molecule has 3 heteroatoms. The number of hydrogen-bond donors (Lipinski definition) is 2. The van der Waals surface area contributed by atoms with E-state index in [2.05, 4.69) is 37.8 Å². The molecule has 0 aromatic rings. The SMILES string of the molecule is CCCNC1CCC(CC)CC1SCC(C)CO. The first-order chi connectivity index (χ1) is 8.71. The molecule has 4 unspecified atom stereocenters. The third-order valence-corrected chi connectivity index (χ3v) is 5.75. The highest BCUT2D eigenvalue weighted by Crippen LogP contribution is 2.34. The summed E-state index contributed by atoms with van der Waals surface area (Å²) in [6.07, 6.45) is 6.64. The summed E-state index contributed by atoms with van der Waals surface area (Å²) in [4.78, 5) is 0. The van der Waals surface area contributed by atoms with Crippen molar-refractivity contribution in [2.24, 2.45) is 11.8 Å². The van der Waals surface area contributed by atoms with Gasteiger partial charge < -0.3 is 10.4 Å². The lowest BCUT2D eigenvalue weighted by atomic mass is 9.84. The lowest BCUT2D eigenvalue weighted by Crippen LogP contribution is -2.43. The van der Waals surface area contributed by atoms with Gasteiger partial charge in [-0.2, -0.15) is 11.8 Å². The van der Waals surface area contributed by atoms with Crippen LogP contribution in [0.2, 0.25) is 0 Å². The van der Waals surface area contributed by atoms with Crippen LogP contribution >= 0.6 is 11.8 Å². The van der Waals surface area contributed by atoms with Gasteiger partial charge in [0.1, 0.15) is 0 Å². The van der Waals surface area contributed by atoms with Crippen molar-refractivity contribution in [1.29, 1.82) is 0 Å². The molecule has 0 aliphatic heterocycles. The molecule has 0 heterocycles. The van der Waals surface area contributed by atoms with Gasteiger partial charge in [-0.05, 0) is 49.8 Å². The lowest BCUT2D eigenvalue weighted by Gasteiger charge is -2.36. The van der Waals surface area contributed by atoms with E-state index in [0.717, 1.165) is 23.5 Å². The third kappa shape index (κ3) is 5.50. The van der Waals surface area contributed by atoms with Crippen molar-refractivity contribution < 1.29 is 5.11 Å². The molecule has 1 aliphatic rings. The molecule has 1 fully saturated rings. The summed E-state index contributed by atoms with van der Waals surface area (Å²) in [5.74, 6) is 2.46. The van der Waals surface area contributed by atoms with Crippen molar-refractivity contribution in [1.82, 2.24) is 5.32 Å². The van der Waals surface area contributed by atoms with E-state index in [1.54, 1.807) is 0 Å². The first-order valence-electron chi connectivity index (χ1n) is 7.67. The third-order valence-electron chi connectivity index (χ3n) is 4.04. The molecule has 0 aromatic carbocycles. The molecule has 108 valence electrons. The van der Waals surface area contributed by atoms with Crippen molar-refractivity contribution in [2.45, 2.75) is 64.2 Å². The average molecular weight is 273 g/mol. The van der Waals surface area contributed by atoms with Crippen LogP contribution < -0.4 is 5.32 Å². The van der Waals surface area contributed by atoms with Crippen molar-refractivity contribution in [3.8, 4) is 0 Å². The van der Waals surface area contributed by atoms with Gasteiger partial charge in [0.15, 0.2) is 0 Å². The number of aliphatic hydroxyl groups is 1. The topological polar surface area (TPSA) is 32.3 Å². The van der Waals surface area contributed by atoms with Gasteiger partial charge in [-0.1, -0.05) is 27.2 Å². The smallest absolute Gasteiger partial charge is 0.0464 e. The maximum Gasteiger partial charge on any atom is 0.0464 e. The van der Waals surface area contributed by atoms with Crippen LogP contribution in [0.15, 0.2) is 0 Å². The van der Waals surface area contributed by atoms with Gasteiger partial charge in [0.2, 0.25) is 0 Å². The summed E-state index contributed by atoms with van der Waals surface area (Å²) in [5.41, 5.74) is 0. The molecule has 0 saturated heterocycles. The average Bonchev–Trinajstić information content (AvgIpc) is 2.42. The second-order valence-electron chi connectivity index (χ2n) is 5.81. The zero-order chi connectivity index (χ0) is 13.4. The Morgan fingerprint density at radius 3 is 2.72 bits per heavy atom. The largest absolute Gasteiger partial charge is 0.396 e. The minimum absolute atomic E-state index is 0.323. The second kappa shape index (κ2) is 9.22. The summed E-state index contributed by atoms with van der Waals surface area (Å²) in [6, 6.07) is 0.698. The molecule has 0 aromatic heterocycles. The molecule has 2 N–H and O–H groups in total. The maximum atomic E-state index is 9.14. The quantitative estimate of drug-likeness (QED) is 0.712. The molecule has 18 heavy (non-hydrogen) atoms. The normalized spacial score (nSPS) is 30.3. The van der Waals surface area contributed by atoms with Crippen LogP contribution in [0.3, 0.4) is 0 Å². The van der Waals surface area contributed by atoms with E-state index in [-0.39, 0.29) is 0 Å². The van der Waals surface area contributed by atoms with Crippen LogP contribution in [-0.2, 0) is 0 Å².